The molecule has 0 aromatic heterocycles. The van der Waals surface area contributed by atoms with E-state index >= 15 is 0 Å². The number of sulfonamides is 1. The molecule has 0 heterocycles. The first-order valence-corrected chi connectivity index (χ1v) is 6.34. The molecular formula is C10H15FN2O3S. The van der Waals surface area contributed by atoms with E-state index in [0.29, 0.717) is 0 Å². The summed E-state index contributed by atoms with van der Waals surface area (Å²) in [6.07, 6.45) is 0. The van der Waals surface area contributed by atoms with Gasteiger partial charge in [-0.2, -0.15) is 4.31 Å². The summed E-state index contributed by atoms with van der Waals surface area (Å²) in [5, 5.41) is 0. The zero-order valence-electron chi connectivity index (χ0n) is 9.68. The highest BCUT2D eigenvalue weighted by molar-refractivity contribution is 7.89. The lowest BCUT2D eigenvalue weighted by atomic mass is 10.3. The van der Waals surface area contributed by atoms with Gasteiger partial charge >= 0.3 is 0 Å². The fraction of sp³-hybridized carbons (Fsp3) is 0.400. The molecule has 0 aliphatic heterocycles. The first kappa shape index (κ1) is 13.9. The molecule has 0 spiro atoms. The van der Waals surface area contributed by atoms with E-state index < -0.39 is 15.8 Å². The quantitative estimate of drug-likeness (QED) is 0.792. The van der Waals surface area contributed by atoms with Crippen LogP contribution in [0, 0.1) is 5.82 Å². The largest absolute Gasteiger partial charge is 0.395 e. The van der Waals surface area contributed by atoms with Gasteiger partial charge in [-0.1, -0.05) is 6.07 Å². The number of methoxy groups -OCH3 is 1. The fourth-order valence-corrected chi connectivity index (χ4v) is 2.53. The van der Waals surface area contributed by atoms with Gasteiger partial charge in [0.2, 0.25) is 10.0 Å². The molecule has 2 N–H and O–H groups in total. The number of nitrogens with two attached hydrogens (primary N) is 1. The second kappa shape index (κ2) is 5.44. The summed E-state index contributed by atoms with van der Waals surface area (Å²) in [6, 6.07) is 3.70. The zero-order chi connectivity index (χ0) is 13.1. The molecule has 0 saturated heterocycles. The minimum absolute atomic E-state index is 0.175. The Kier molecular flexibility index (Phi) is 4.44. The number of hydrogen-bond acceptors (Lipinski definition) is 4. The van der Waals surface area contributed by atoms with Crippen molar-refractivity contribution in [1.82, 2.24) is 4.31 Å². The molecule has 96 valence electrons. The van der Waals surface area contributed by atoms with Gasteiger partial charge in [-0.05, 0) is 12.1 Å². The lowest BCUT2D eigenvalue weighted by Crippen LogP contribution is -2.30. The van der Waals surface area contributed by atoms with Crippen LogP contribution in [-0.2, 0) is 14.8 Å². The SMILES string of the molecule is COCCN(C)S(=O)(=O)c1cccc(F)c1N. The van der Waals surface area contributed by atoms with Crippen molar-refractivity contribution in [2.75, 3.05) is 33.0 Å². The molecule has 0 unspecified atom stereocenters. The van der Waals surface area contributed by atoms with E-state index in [1.807, 2.05) is 0 Å². The van der Waals surface area contributed by atoms with Crippen LogP contribution in [0.25, 0.3) is 0 Å². The summed E-state index contributed by atoms with van der Waals surface area (Å²) in [4.78, 5) is -0.226. The molecule has 7 heteroatoms. The van der Waals surface area contributed by atoms with Crippen molar-refractivity contribution in [3.8, 4) is 0 Å². The molecule has 0 aliphatic rings. The standard InChI is InChI=1S/C10H15FN2O3S/c1-13(6-7-16-2)17(14,15)9-5-3-4-8(11)10(9)12/h3-5H,6-7,12H2,1-2H3. The summed E-state index contributed by atoms with van der Waals surface area (Å²) >= 11 is 0. The van der Waals surface area contributed by atoms with Crippen LogP contribution >= 0.6 is 0 Å². The highest BCUT2D eigenvalue weighted by Crippen LogP contribution is 2.23. The second-order valence-corrected chi connectivity index (χ2v) is 5.48. The van der Waals surface area contributed by atoms with Gasteiger partial charge in [0.25, 0.3) is 0 Å². The number of para-hydroxylation sites is 1. The Balaban J connectivity index is 3.09. The number of rotatable bonds is 5. The summed E-state index contributed by atoms with van der Waals surface area (Å²) < 4.78 is 43.1. The third kappa shape index (κ3) is 2.93. The molecular weight excluding hydrogens is 247 g/mol. The molecule has 0 amide bonds. The van der Waals surface area contributed by atoms with Crippen molar-refractivity contribution in [2.24, 2.45) is 0 Å². The molecule has 0 atom stereocenters. The molecule has 5 nitrogen and oxygen atoms in total. The average Bonchev–Trinajstić information content (AvgIpc) is 2.29. The Morgan fingerprint density at radius 2 is 2.12 bits per heavy atom. The van der Waals surface area contributed by atoms with Crippen molar-refractivity contribution < 1.29 is 17.5 Å². The fourth-order valence-electron chi connectivity index (χ4n) is 1.25. The first-order valence-electron chi connectivity index (χ1n) is 4.90. The third-order valence-electron chi connectivity index (χ3n) is 2.31. The van der Waals surface area contributed by atoms with Gasteiger partial charge in [-0.25, -0.2) is 12.8 Å². The zero-order valence-corrected chi connectivity index (χ0v) is 10.5. The van der Waals surface area contributed by atoms with Gasteiger partial charge in [0.05, 0.1) is 12.3 Å². The lowest BCUT2D eigenvalue weighted by molar-refractivity contribution is 0.185. The maximum Gasteiger partial charge on any atom is 0.245 e. The van der Waals surface area contributed by atoms with Crippen LogP contribution in [-0.4, -0.2) is 40.0 Å². The Morgan fingerprint density at radius 1 is 1.47 bits per heavy atom. The molecule has 0 aliphatic carbocycles. The summed E-state index contributed by atoms with van der Waals surface area (Å²) in [5.74, 6) is -0.744. The number of likely N-dealkylation sites (N-methyl/N-ethyl adjacent to an activating group) is 1. The van der Waals surface area contributed by atoms with Crippen molar-refractivity contribution in [3.63, 3.8) is 0 Å². The van der Waals surface area contributed by atoms with Crippen LogP contribution in [0.5, 0.6) is 0 Å². The van der Waals surface area contributed by atoms with Gasteiger partial charge in [-0.3, -0.25) is 0 Å². The highest BCUT2D eigenvalue weighted by atomic mass is 32.2. The minimum atomic E-state index is -3.78. The van der Waals surface area contributed by atoms with Gasteiger partial charge in [0.15, 0.2) is 0 Å². The van der Waals surface area contributed by atoms with E-state index in [2.05, 4.69) is 0 Å². The predicted octanol–water partition coefficient (Wildman–Crippen LogP) is 0.675. The number of benzene rings is 1. The maximum absolute atomic E-state index is 13.2. The normalized spacial score (nSPS) is 12.0. The van der Waals surface area contributed by atoms with Crippen LogP contribution in [0.4, 0.5) is 10.1 Å². The first-order chi connectivity index (χ1) is 7.91. The highest BCUT2D eigenvalue weighted by Gasteiger charge is 2.24. The molecule has 0 saturated carbocycles. The number of nitrogens with zero attached hydrogens (tertiary/aromatic N) is 1. The molecule has 0 bridgehead atoms. The number of halogens is 1. The lowest BCUT2D eigenvalue weighted by Gasteiger charge is -2.17. The molecule has 1 aromatic carbocycles. The number of nitrogen functional groups attached to an aromatic ring is 1. The van der Waals surface area contributed by atoms with E-state index in [9.17, 15) is 12.8 Å². The molecule has 0 radical (unpaired) electrons. The third-order valence-corrected chi connectivity index (χ3v) is 4.23. The van der Waals surface area contributed by atoms with Crippen molar-refractivity contribution >= 4 is 15.7 Å². The van der Waals surface area contributed by atoms with Gasteiger partial charge in [0.1, 0.15) is 10.7 Å². The molecule has 1 rings (SSSR count). The number of ether oxygens (including phenoxy) is 1. The van der Waals surface area contributed by atoms with Gasteiger partial charge in [0, 0.05) is 20.7 Å². The summed E-state index contributed by atoms with van der Waals surface area (Å²) in [5.41, 5.74) is 5.06. The molecule has 1 aromatic rings. The van der Waals surface area contributed by atoms with Crippen LogP contribution in [0.3, 0.4) is 0 Å². The van der Waals surface area contributed by atoms with Gasteiger partial charge in [-0.15, -0.1) is 0 Å². The van der Waals surface area contributed by atoms with Crippen molar-refractivity contribution in [3.05, 3.63) is 24.0 Å². The summed E-state index contributed by atoms with van der Waals surface area (Å²) in [6.45, 7) is 0.430. The van der Waals surface area contributed by atoms with Crippen molar-refractivity contribution in [1.29, 1.82) is 0 Å². The van der Waals surface area contributed by atoms with Gasteiger partial charge < -0.3 is 10.5 Å². The Morgan fingerprint density at radius 3 is 2.71 bits per heavy atom. The number of anilines is 1. The van der Waals surface area contributed by atoms with Crippen LogP contribution < -0.4 is 5.73 Å². The molecule has 0 fully saturated rings. The summed E-state index contributed by atoms with van der Waals surface area (Å²) in [7, 11) is -0.919. The molecule has 17 heavy (non-hydrogen) atoms. The van der Waals surface area contributed by atoms with Crippen LogP contribution in [0.2, 0.25) is 0 Å². The Hall–Kier alpha value is -1.18. The Labute approximate surface area is 100 Å². The van der Waals surface area contributed by atoms with Crippen LogP contribution in [0.15, 0.2) is 23.1 Å². The average molecular weight is 262 g/mol. The van der Waals surface area contributed by atoms with E-state index in [1.165, 1.54) is 26.3 Å². The topological polar surface area (TPSA) is 72.6 Å². The smallest absolute Gasteiger partial charge is 0.245 e. The van der Waals surface area contributed by atoms with Crippen molar-refractivity contribution in [2.45, 2.75) is 4.90 Å². The predicted molar refractivity (Wildman–Crippen MR) is 62.5 cm³/mol. The van der Waals surface area contributed by atoms with E-state index in [4.69, 9.17) is 10.5 Å². The minimum Gasteiger partial charge on any atom is -0.395 e. The Bertz CT molecular complexity index is 490. The van der Waals surface area contributed by atoms with Crippen LogP contribution in [0.1, 0.15) is 0 Å². The van der Waals surface area contributed by atoms with E-state index in [-0.39, 0.29) is 23.7 Å². The monoisotopic (exact) mass is 262 g/mol. The number of hydrogen-bond donors (Lipinski definition) is 1. The maximum atomic E-state index is 13.2. The second-order valence-electron chi connectivity index (χ2n) is 3.47. The van der Waals surface area contributed by atoms with E-state index in [1.54, 1.807) is 0 Å². The van der Waals surface area contributed by atoms with E-state index in [0.717, 1.165) is 10.4 Å².